The van der Waals surface area contributed by atoms with Gasteiger partial charge in [0.2, 0.25) is 0 Å². The van der Waals surface area contributed by atoms with Crippen LogP contribution in [0.25, 0.3) is 0 Å². The molecule has 1 atom stereocenters. The van der Waals surface area contributed by atoms with Gasteiger partial charge in [0.25, 0.3) is 0 Å². The SMILES string of the molecule is CCSc1cccc(NCC(C)OC)c1C(N)=S. The van der Waals surface area contributed by atoms with Gasteiger partial charge in [-0.05, 0) is 24.8 Å². The average molecular weight is 284 g/mol. The molecule has 5 heteroatoms. The summed E-state index contributed by atoms with van der Waals surface area (Å²) in [7, 11) is 1.70. The lowest BCUT2D eigenvalue weighted by atomic mass is 10.1. The predicted octanol–water partition coefficient (Wildman–Crippen LogP) is 2.88. The summed E-state index contributed by atoms with van der Waals surface area (Å²) in [5.41, 5.74) is 7.74. The number of thioether (sulfide) groups is 1. The molecule has 0 aromatic heterocycles. The third-order valence-electron chi connectivity index (χ3n) is 2.55. The Morgan fingerprint density at radius 3 is 2.83 bits per heavy atom. The van der Waals surface area contributed by atoms with Crippen LogP contribution in [0.1, 0.15) is 19.4 Å². The van der Waals surface area contributed by atoms with Crippen molar-refractivity contribution in [1.29, 1.82) is 0 Å². The number of benzene rings is 1. The Labute approximate surface area is 118 Å². The predicted molar refractivity (Wildman–Crippen MR) is 83.7 cm³/mol. The van der Waals surface area contributed by atoms with Crippen molar-refractivity contribution in [3.63, 3.8) is 0 Å². The highest BCUT2D eigenvalue weighted by Crippen LogP contribution is 2.28. The number of thiocarbonyl (C=S) groups is 1. The fourth-order valence-corrected chi connectivity index (χ4v) is 2.68. The molecule has 0 aliphatic heterocycles. The summed E-state index contributed by atoms with van der Waals surface area (Å²) in [6.07, 6.45) is 0.145. The Hall–Kier alpha value is -0.780. The van der Waals surface area contributed by atoms with E-state index in [0.717, 1.165) is 28.4 Å². The Morgan fingerprint density at radius 2 is 2.28 bits per heavy atom. The highest BCUT2D eigenvalue weighted by atomic mass is 32.2. The van der Waals surface area contributed by atoms with Crippen LogP contribution in [0.15, 0.2) is 23.1 Å². The fraction of sp³-hybridized carbons (Fsp3) is 0.462. The summed E-state index contributed by atoms with van der Waals surface area (Å²) < 4.78 is 5.22. The van der Waals surface area contributed by atoms with Gasteiger partial charge >= 0.3 is 0 Å². The first-order chi connectivity index (χ1) is 8.60. The Balaban J connectivity index is 2.95. The topological polar surface area (TPSA) is 47.3 Å². The van der Waals surface area contributed by atoms with Crippen LogP contribution in [0.2, 0.25) is 0 Å². The monoisotopic (exact) mass is 284 g/mol. The molecule has 0 bridgehead atoms. The second kappa shape index (κ2) is 7.61. The van der Waals surface area contributed by atoms with Gasteiger partial charge < -0.3 is 15.8 Å². The third kappa shape index (κ3) is 4.15. The minimum Gasteiger partial charge on any atom is -0.389 e. The van der Waals surface area contributed by atoms with Crippen molar-refractivity contribution in [2.75, 3.05) is 24.7 Å². The van der Waals surface area contributed by atoms with Gasteiger partial charge in [-0.3, -0.25) is 0 Å². The Kier molecular flexibility index (Phi) is 6.46. The van der Waals surface area contributed by atoms with E-state index in [1.54, 1.807) is 18.9 Å². The van der Waals surface area contributed by atoms with Crippen LogP contribution in [-0.4, -0.2) is 30.5 Å². The molecule has 18 heavy (non-hydrogen) atoms. The van der Waals surface area contributed by atoms with Crippen molar-refractivity contribution in [3.05, 3.63) is 23.8 Å². The van der Waals surface area contributed by atoms with Gasteiger partial charge in [0.15, 0.2) is 0 Å². The molecule has 100 valence electrons. The van der Waals surface area contributed by atoms with E-state index in [9.17, 15) is 0 Å². The molecule has 1 rings (SSSR count). The van der Waals surface area contributed by atoms with Crippen molar-refractivity contribution in [2.45, 2.75) is 24.8 Å². The minimum absolute atomic E-state index is 0.145. The van der Waals surface area contributed by atoms with Crippen molar-refractivity contribution >= 4 is 34.7 Å². The van der Waals surface area contributed by atoms with Gasteiger partial charge in [-0.2, -0.15) is 0 Å². The standard InChI is InChI=1S/C13H20N2OS2/c1-4-18-11-7-5-6-10(12(11)13(14)17)15-8-9(2)16-3/h5-7,9,15H,4,8H2,1-3H3,(H2,14,17). The maximum Gasteiger partial charge on any atom is 0.107 e. The molecule has 0 heterocycles. The minimum atomic E-state index is 0.145. The zero-order valence-electron chi connectivity index (χ0n) is 11.0. The van der Waals surface area contributed by atoms with E-state index in [0.29, 0.717) is 4.99 Å². The zero-order valence-corrected chi connectivity index (χ0v) is 12.7. The number of hydrogen-bond acceptors (Lipinski definition) is 4. The summed E-state index contributed by atoms with van der Waals surface area (Å²) >= 11 is 6.90. The highest BCUT2D eigenvalue weighted by Gasteiger charge is 2.11. The van der Waals surface area contributed by atoms with Gasteiger partial charge in [-0.15, -0.1) is 11.8 Å². The second-order valence-electron chi connectivity index (χ2n) is 3.90. The van der Waals surface area contributed by atoms with Gasteiger partial charge in [-0.25, -0.2) is 0 Å². The van der Waals surface area contributed by atoms with E-state index in [1.807, 2.05) is 25.1 Å². The molecular weight excluding hydrogens is 264 g/mol. The summed E-state index contributed by atoms with van der Waals surface area (Å²) in [5, 5.41) is 3.34. The number of nitrogens with one attached hydrogen (secondary N) is 1. The number of hydrogen-bond donors (Lipinski definition) is 2. The van der Waals surface area contributed by atoms with Gasteiger partial charge in [0.05, 0.1) is 6.10 Å². The molecule has 1 unspecified atom stereocenters. The molecular formula is C13H20N2OS2. The van der Waals surface area contributed by atoms with Crippen LogP contribution in [0.3, 0.4) is 0 Å². The van der Waals surface area contributed by atoms with E-state index >= 15 is 0 Å². The molecule has 3 nitrogen and oxygen atoms in total. The summed E-state index contributed by atoms with van der Waals surface area (Å²) in [5.74, 6) is 0.994. The van der Waals surface area contributed by atoms with E-state index in [2.05, 4.69) is 12.2 Å². The number of methoxy groups -OCH3 is 1. The Morgan fingerprint density at radius 1 is 1.56 bits per heavy atom. The first kappa shape index (κ1) is 15.3. The van der Waals surface area contributed by atoms with Crippen LogP contribution < -0.4 is 11.1 Å². The lowest BCUT2D eigenvalue weighted by molar-refractivity contribution is 0.129. The van der Waals surface area contributed by atoms with Crippen LogP contribution in [0.5, 0.6) is 0 Å². The fourth-order valence-electron chi connectivity index (χ4n) is 1.55. The van der Waals surface area contributed by atoms with Crippen molar-refractivity contribution in [1.82, 2.24) is 0 Å². The van der Waals surface area contributed by atoms with E-state index in [4.69, 9.17) is 22.7 Å². The lowest BCUT2D eigenvalue weighted by Crippen LogP contribution is -2.21. The van der Waals surface area contributed by atoms with Gasteiger partial charge in [-0.1, -0.05) is 25.2 Å². The van der Waals surface area contributed by atoms with E-state index in [-0.39, 0.29) is 6.10 Å². The van der Waals surface area contributed by atoms with Crippen LogP contribution in [-0.2, 0) is 4.74 Å². The van der Waals surface area contributed by atoms with Crippen LogP contribution >= 0.6 is 24.0 Å². The lowest BCUT2D eigenvalue weighted by Gasteiger charge is -2.17. The van der Waals surface area contributed by atoms with Crippen molar-refractivity contribution < 1.29 is 4.74 Å². The average Bonchev–Trinajstić information content (AvgIpc) is 2.36. The number of anilines is 1. The smallest absolute Gasteiger partial charge is 0.107 e. The summed E-state index contributed by atoms with van der Waals surface area (Å²) in [6, 6.07) is 6.06. The van der Waals surface area contributed by atoms with Gasteiger partial charge in [0, 0.05) is 29.8 Å². The number of nitrogens with two attached hydrogens (primary N) is 1. The highest BCUT2D eigenvalue weighted by molar-refractivity contribution is 7.99. The number of ether oxygens (including phenoxy) is 1. The number of rotatable bonds is 7. The molecule has 1 aromatic rings. The van der Waals surface area contributed by atoms with E-state index < -0.39 is 0 Å². The molecule has 1 aromatic carbocycles. The molecule has 0 aliphatic rings. The Bertz CT molecular complexity index is 410. The zero-order chi connectivity index (χ0) is 13.5. The third-order valence-corrected chi connectivity index (χ3v) is 3.70. The molecule has 0 fully saturated rings. The summed E-state index contributed by atoms with van der Waals surface area (Å²) in [4.78, 5) is 1.55. The molecule has 0 radical (unpaired) electrons. The molecule has 0 aliphatic carbocycles. The molecule has 3 N–H and O–H groups in total. The molecule has 0 spiro atoms. The first-order valence-electron chi connectivity index (χ1n) is 5.92. The molecule has 0 saturated carbocycles. The second-order valence-corrected chi connectivity index (χ2v) is 5.65. The molecule has 0 amide bonds. The maximum atomic E-state index is 5.83. The quantitative estimate of drug-likeness (QED) is 0.595. The maximum absolute atomic E-state index is 5.83. The normalized spacial score (nSPS) is 12.2. The van der Waals surface area contributed by atoms with Crippen LogP contribution in [0, 0.1) is 0 Å². The van der Waals surface area contributed by atoms with Crippen molar-refractivity contribution in [2.24, 2.45) is 5.73 Å². The first-order valence-corrected chi connectivity index (χ1v) is 7.31. The van der Waals surface area contributed by atoms with Crippen molar-refractivity contribution in [3.8, 4) is 0 Å². The van der Waals surface area contributed by atoms with Crippen LogP contribution in [0.4, 0.5) is 5.69 Å². The van der Waals surface area contributed by atoms with E-state index in [1.165, 1.54) is 0 Å². The molecule has 0 saturated heterocycles. The largest absolute Gasteiger partial charge is 0.389 e. The summed E-state index contributed by atoms with van der Waals surface area (Å²) in [6.45, 7) is 4.85. The van der Waals surface area contributed by atoms with Gasteiger partial charge in [0.1, 0.15) is 4.99 Å².